The molecule has 0 saturated carbocycles. The van der Waals surface area contributed by atoms with Crippen molar-refractivity contribution in [1.29, 1.82) is 0 Å². The first-order chi connectivity index (χ1) is 14.3. The van der Waals surface area contributed by atoms with Crippen molar-refractivity contribution < 1.29 is 24.5 Å². The molecule has 2 aromatic rings. The molecule has 1 aromatic carbocycles. The van der Waals surface area contributed by atoms with Crippen LogP contribution in [0.5, 0.6) is 0 Å². The molecule has 2 amide bonds. The van der Waals surface area contributed by atoms with E-state index in [-0.39, 0.29) is 24.8 Å². The summed E-state index contributed by atoms with van der Waals surface area (Å²) < 4.78 is 0. The summed E-state index contributed by atoms with van der Waals surface area (Å²) in [4.78, 5) is 34.3. The van der Waals surface area contributed by atoms with Gasteiger partial charge in [0.05, 0.1) is 18.2 Å². The average molecular weight is 412 g/mol. The number of rotatable bonds is 8. The molecule has 9 nitrogen and oxygen atoms in total. The lowest BCUT2D eigenvalue weighted by molar-refractivity contribution is -0.131. The van der Waals surface area contributed by atoms with Gasteiger partial charge in [-0.1, -0.05) is 43.3 Å². The van der Waals surface area contributed by atoms with Gasteiger partial charge in [0.25, 0.3) is 11.8 Å². The van der Waals surface area contributed by atoms with Crippen LogP contribution in [0, 0.1) is 5.92 Å². The lowest BCUT2D eigenvalue weighted by Crippen LogP contribution is -2.50. The van der Waals surface area contributed by atoms with E-state index in [9.17, 15) is 19.6 Å². The summed E-state index contributed by atoms with van der Waals surface area (Å²) in [6, 6.07) is 9.30. The second-order valence-electron chi connectivity index (χ2n) is 7.68. The first-order valence-electron chi connectivity index (χ1n) is 9.85. The highest BCUT2D eigenvalue weighted by Gasteiger charge is 2.33. The van der Waals surface area contributed by atoms with E-state index in [1.54, 1.807) is 6.20 Å². The Labute approximate surface area is 174 Å². The Balaban J connectivity index is 1.53. The number of hydrogen-bond acceptors (Lipinski definition) is 7. The molecular formula is C20H25BN4O5. The molecule has 1 aliphatic rings. The summed E-state index contributed by atoms with van der Waals surface area (Å²) in [5.74, 6) is -1.44. The van der Waals surface area contributed by atoms with Crippen LogP contribution in [0.1, 0.15) is 37.2 Å². The second kappa shape index (κ2) is 9.68. The Bertz CT molecular complexity index is 944. The van der Waals surface area contributed by atoms with Crippen molar-refractivity contribution in [3.63, 3.8) is 0 Å². The molecule has 3 rings (SSSR count). The lowest BCUT2D eigenvalue weighted by Gasteiger charge is -2.20. The highest BCUT2D eigenvalue weighted by atomic mass is 16.6. The Morgan fingerprint density at radius 1 is 1.27 bits per heavy atom. The van der Waals surface area contributed by atoms with Crippen LogP contribution in [0.25, 0.3) is 10.8 Å². The maximum atomic E-state index is 12.5. The van der Waals surface area contributed by atoms with Crippen LogP contribution < -0.4 is 10.6 Å². The van der Waals surface area contributed by atoms with Crippen LogP contribution in [0.4, 0.5) is 0 Å². The molecule has 158 valence electrons. The molecule has 0 saturated heterocycles. The average Bonchev–Trinajstić information content (AvgIpc) is 3.20. The molecule has 30 heavy (non-hydrogen) atoms. The highest BCUT2D eigenvalue weighted by Crippen LogP contribution is 2.16. The largest absolute Gasteiger partial charge is 0.475 e. The molecule has 1 unspecified atom stereocenters. The van der Waals surface area contributed by atoms with E-state index in [1.807, 2.05) is 44.2 Å². The number of pyridine rings is 1. The number of nitrogens with zero attached hydrogens (tertiary/aromatic N) is 2. The third-order valence-electron chi connectivity index (χ3n) is 4.78. The minimum absolute atomic E-state index is 0.117. The van der Waals surface area contributed by atoms with Crippen LogP contribution in [0.15, 0.2) is 41.7 Å². The molecule has 0 fully saturated rings. The first-order valence-corrected chi connectivity index (χ1v) is 9.85. The number of fused-ring (bicyclic) bond motifs is 1. The zero-order valence-corrected chi connectivity index (χ0v) is 16.9. The summed E-state index contributed by atoms with van der Waals surface area (Å²) in [5.41, 5.74) is 0.823. The normalized spacial score (nSPS) is 16.7. The number of oxime groups is 1. The molecule has 0 spiro atoms. The van der Waals surface area contributed by atoms with E-state index >= 15 is 0 Å². The highest BCUT2D eigenvalue weighted by molar-refractivity contribution is 6.43. The molecule has 2 heterocycles. The van der Waals surface area contributed by atoms with E-state index in [0.717, 1.165) is 10.8 Å². The molecule has 0 radical (unpaired) electrons. The first kappa shape index (κ1) is 21.7. The Kier molecular flexibility index (Phi) is 7.01. The maximum absolute atomic E-state index is 12.5. The smallest absolute Gasteiger partial charge is 0.426 e. The zero-order valence-electron chi connectivity index (χ0n) is 16.9. The van der Waals surface area contributed by atoms with Gasteiger partial charge >= 0.3 is 7.12 Å². The Hall–Kier alpha value is -2.98. The van der Waals surface area contributed by atoms with Crippen molar-refractivity contribution in [2.24, 2.45) is 11.1 Å². The minimum atomic E-state index is -1.66. The van der Waals surface area contributed by atoms with E-state index in [1.165, 1.54) is 0 Å². The van der Waals surface area contributed by atoms with Gasteiger partial charge in [-0.15, -0.1) is 0 Å². The van der Waals surface area contributed by atoms with Crippen molar-refractivity contribution in [3.8, 4) is 0 Å². The standard InChI is InChI=1S/C20H25BN4O5/c1-12(2)9-17(21(28)29)24-19(26)16-10-14(25-30-16)11-23-20(27)18-15-6-4-3-5-13(15)7-8-22-18/h3-8,12,16-17,28-29H,9-11H2,1-2H3,(H,23,27)(H,24,26)/t16?,17-/m0/s1. The molecule has 1 aliphatic heterocycles. The van der Waals surface area contributed by atoms with Crippen LogP contribution in [-0.2, 0) is 9.63 Å². The third kappa shape index (κ3) is 5.34. The summed E-state index contributed by atoms with van der Waals surface area (Å²) in [5, 5.41) is 29.8. The molecule has 0 bridgehead atoms. The topological polar surface area (TPSA) is 133 Å². The Morgan fingerprint density at radius 2 is 2.03 bits per heavy atom. The third-order valence-corrected chi connectivity index (χ3v) is 4.78. The van der Waals surface area contributed by atoms with Crippen molar-refractivity contribution in [2.75, 3.05) is 6.54 Å². The predicted molar refractivity (Wildman–Crippen MR) is 113 cm³/mol. The number of benzene rings is 1. The van der Waals surface area contributed by atoms with Gasteiger partial charge in [0.1, 0.15) is 5.69 Å². The number of aromatic nitrogens is 1. The number of amides is 2. The quantitative estimate of drug-likeness (QED) is 0.471. The molecule has 4 N–H and O–H groups in total. The van der Waals surface area contributed by atoms with Crippen LogP contribution in [0.3, 0.4) is 0 Å². The number of carbonyl (C=O) groups excluding carboxylic acids is 2. The summed E-state index contributed by atoms with van der Waals surface area (Å²) in [6.07, 6.45) is 1.32. The maximum Gasteiger partial charge on any atom is 0.475 e. The molecule has 0 aliphatic carbocycles. The summed E-state index contributed by atoms with van der Waals surface area (Å²) in [6.45, 7) is 3.95. The van der Waals surface area contributed by atoms with Crippen LogP contribution in [0.2, 0.25) is 0 Å². The monoisotopic (exact) mass is 412 g/mol. The summed E-state index contributed by atoms with van der Waals surface area (Å²) >= 11 is 0. The van der Waals surface area contributed by atoms with Gasteiger partial charge in [-0.2, -0.15) is 0 Å². The van der Waals surface area contributed by atoms with Gasteiger partial charge < -0.3 is 25.5 Å². The van der Waals surface area contributed by atoms with E-state index < -0.39 is 25.1 Å². The number of carbonyl (C=O) groups is 2. The summed E-state index contributed by atoms with van der Waals surface area (Å²) in [7, 11) is -1.66. The number of nitrogens with one attached hydrogen (secondary N) is 2. The molecule has 10 heteroatoms. The van der Waals surface area contributed by atoms with E-state index in [2.05, 4.69) is 20.8 Å². The van der Waals surface area contributed by atoms with Crippen LogP contribution >= 0.6 is 0 Å². The van der Waals surface area contributed by atoms with Crippen molar-refractivity contribution in [2.45, 2.75) is 38.7 Å². The van der Waals surface area contributed by atoms with Gasteiger partial charge in [0.15, 0.2) is 0 Å². The van der Waals surface area contributed by atoms with Crippen LogP contribution in [-0.4, -0.2) is 58.3 Å². The van der Waals surface area contributed by atoms with Gasteiger partial charge in [-0.05, 0) is 23.8 Å². The molecule has 2 atom stereocenters. The van der Waals surface area contributed by atoms with Gasteiger partial charge in [0.2, 0.25) is 6.10 Å². The minimum Gasteiger partial charge on any atom is -0.426 e. The molecular weight excluding hydrogens is 387 g/mol. The van der Waals surface area contributed by atoms with E-state index in [4.69, 9.17) is 4.84 Å². The lowest BCUT2D eigenvalue weighted by atomic mass is 9.75. The van der Waals surface area contributed by atoms with Gasteiger partial charge in [-0.25, -0.2) is 0 Å². The van der Waals surface area contributed by atoms with Gasteiger partial charge in [-0.3, -0.25) is 14.6 Å². The predicted octanol–water partition coefficient (Wildman–Crippen LogP) is 0.652. The second-order valence-corrected chi connectivity index (χ2v) is 7.68. The SMILES string of the molecule is CC(C)C[C@H](NC(=O)C1CC(CNC(=O)c2nccc3ccccc23)=NO1)B(O)O. The fourth-order valence-corrected chi connectivity index (χ4v) is 3.28. The fraction of sp³-hybridized carbons (Fsp3) is 0.400. The van der Waals surface area contributed by atoms with Gasteiger partial charge in [0, 0.05) is 18.0 Å². The van der Waals surface area contributed by atoms with Crippen molar-refractivity contribution >= 4 is 35.4 Å². The molecule has 1 aromatic heterocycles. The zero-order chi connectivity index (χ0) is 21.7. The Morgan fingerprint density at radius 3 is 2.77 bits per heavy atom. The number of hydrogen-bond donors (Lipinski definition) is 4. The van der Waals surface area contributed by atoms with E-state index in [0.29, 0.717) is 17.8 Å². The van der Waals surface area contributed by atoms with Crippen molar-refractivity contribution in [1.82, 2.24) is 15.6 Å². The van der Waals surface area contributed by atoms with Crippen molar-refractivity contribution in [3.05, 3.63) is 42.2 Å². The fourth-order valence-electron chi connectivity index (χ4n) is 3.28.